The lowest BCUT2D eigenvalue weighted by Crippen LogP contribution is -2.65. The number of fused-ring (bicyclic) bond motifs is 3. The molecule has 2 aliphatic rings. The molecule has 0 radical (unpaired) electrons. The standard InChI is InChI=1S/C27H33N3O3S/c1-4-33-23-12-8-6-10-19(23)16-30-25(31)22-15-24-21(13-14-34-24)29(22)17-27(30,3)26(32)28-20-11-7-5-9-18(20)2/h6,8,10,12-15,18,20H,4-5,7,9,11,16-17H2,1-3H3,(H,28,32)/t18-,20-,27+/m0/s1. The molecule has 1 aromatic carbocycles. The fourth-order valence-electron chi connectivity index (χ4n) is 5.48. The highest BCUT2D eigenvalue weighted by Crippen LogP contribution is 2.36. The number of nitrogens with one attached hydrogen (secondary N) is 1. The number of hydrogen-bond donors (Lipinski definition) is 1. The van der Waals surface area contributed by atoms with E-state index in [1.807, 2.05) is 60.2 Å². The molecule has 7 heteroatoms. The largest absolute Gasteiger partial charge is 0.494 e. The summed E-state index contributed by atoms with van der Waals surface area (Å²) in [6.07, 6.45) is 4.47. The number of amides is 2. The first-order chi connectivity index (χ1) is 16.4. The second kappa shape index (κ2) is 9.10. The number of hydrogen-bond acceptors (Lipinski definition) is 4. The molecule has 34 heavy (non-hydrogen) atoms. The number of ether oxygens (including phenoxy) is 1. The SMILES string of the molecule is CCOc1ccccc1CN1C(=O)c2cc3sccc3n2C[C@]1(C)C(=O)N[C@H]1CCCC[C@@H]1C. The Labute approximate surface area is 204 Å². The first-order valence-electron chi connectivity index (χ1n) is 12.3. The summed E-state index contributed by atoms with van der Waals surface area (Å²) < 4.78 is 8.94. The van der Waals surface area contributed by atoms with Crippen LogP contribution in [-0.2, 0) is 17.9 Å². The van der Waals surface area contributed by atoms with Crippen LogP contribution >= 0.6 is 11.3 Å². The maximum Gasteiger partial charge on any atom is 0.271 e. The van der Waals surface area contributed by atoms with E-state index in [2.05, 4.69) is 12.2 Å². The Morgan fingerprint density at radius 3 is 2.82 bits per heavy atom. The van der Waals surface area contributed by atoms with Gasteiger partial charge in [-0.2, -0.15) is 0 Å². The van der Waals surface area contributed by atoms with Gasteiger partial charge in [0, 0.05) is 11.6 Å². The van der Waals surface area contributed by atoms with Crippen LogP contribution in [0.25, 0.3) is 10.2 Å². The quantitative estimate of drug-likeness (QED) is 0.528. The molecule has 3 heterocycles. The number of para-hydroxylation sites is 1. The van der Waals surface area contributed by atoms with Crippen molar-refractivity contribution in [3.8, 4) is 5.75 Å². The predicted molar refractivity (Wildman–Crippen MR) is 135 cm³/mol. The molecule has 1 fully saturated rings. The monoisotopic (exact) mass is 479 g/mol. The molecule has 5 rings (SSSR count). The Kier molecular flexibility index (Phi) is 6.15. The van der Waals surface area contributed by atoms with Gasteiger partial charge in [-0.25, -0.2) is 0 Å². The minimum absolute atomic E-state index is 0.0729. The topological polar surface area (TPSA) is 63.6 Å². The zero-order valence-electron chi connectivity index (χ0n) is 20.2. The molecule has 1 aliphatic carbocycles. The Hall–Kier alpha value is -2.80. The fourth-order valence-corrected chi connectivity index (χ4v) is 6.30. The van der Waals surface area contributed by atoms with E-state index < -0.39 is 5.54 Å². The summed E-state index contributed by atoms with van der Waals surface area (Å²) in [5.74, 6) is 1.01. The summed E-state index contributed by atoms with van der Waals surface area (Å²) in [6, 6.07) is 11.9. The number of thiophene rings is 1. The molecule has 0 saturated heterocycles. The normalized spacial score (nSPS) is 24.8. The van der Waals surface area contributed by atoms with E-state index in [1.54, 1.807) is 16.2 Å². The molecular weight excluding hydrogens is 446 g/mol. The third kappa shape index (κ3) is 3.90. The van der Waals surface area contributed by atoms with Gasteiger partial charge in [0.1, 0.15) is 17.0 Å². The van der Waals surface area contributed by atoms with Crippen molar-refractivity contribution >= 4 is 33.4 Å². The van der Waals surface area contributed by atoms with Crippen molar-refractivity contribution in [2.75, 3.05) is 6.61 Å². The van der Waals surface area contributed by atoms with Gasteiger partial charge in [-0.3, -0.25) is 9.59 Å². The van der Waals surface area contributed by atoms with Gasteiger partial charge in [-0.15, -0.1) is 11.3 Å². The number of rotatable bonds is 6. The molecule has 0 spiro atoms. The maximum absolute atomic E-state index is 13.9. The van der Waals surface area contributed by atoms with Crippen LogP contribution in [0.1, 0.15) is 62.5 Å². The molecule has 0 bridgehead atoms. The van der Waals surface area contributed by atoms with Crippen molar-refractivity contribution in [3.05, 3.63) is 53.0 Å². The van der Waals surface area contributed by atoms with E-state index in [0.29, 0.717) is 31.3 Å². The number of aromatic nitrogens is 1. The van der Waals surface area contributed by atoms with Crippen molar-refractivity contribution in [1.29, 1.82) is 0 Å². The van der Waals surface area contributed by atoms with Gasteiger partial charge in [0.05, 0.1) is 29.9 Å². The molecule has 180 valence electrons. The van der Waals surface area contributed by atoms with Gasteiger partial charge >= 0.3 is 0 Å². The molecule has 3 aromatic rings. The summed E-state index contributed by atoms with van der Waals surface area (Å²) in [7, 11) is 0. The first-order valence-corrected chi connectivity index (χ1v) is 13.2. The molecule has 1 N–H and O–H groups in total. The minimum Gasteiger partial charge on any atom is -0.494 e. The summed E-state index contributed by atoms with van der Waals surface area (Å²) >= 11 is 1.62. The molecule has 6 nitrogen and oxygen atoms in total. The van der Waals surface area contributed by atoms with Crippen LogP contribution in [0.5, 0.6) is 5.75 Å². The lowest BCUT2D eigenvalue weighted by Gasteiger charge is -2.45. The third-order valence-corrected chi connectivity index (χ3v) is 8.42. The Morgan fingerprint density at radius 1 is 1.24 bits per heavy atom. The van der Waals surface area contributed by atoms with Crippen molar-refractivity contribution in [2.45, 2.75) is 71.1 Å². The van der Waals surface area contributed by atoms with E-state index in [-0.39, 0.29) is 17.9 Å². The van der Waals surface area contributed by atoms with Crippen LogP contribution in [0.3, 0.4) is 0 Å². The Balaban J connectivity index is 1.54. The van der Waals surface area contributed by atoms with E-state index in [0.717, 1.165) is 40.8 Å². The van der Waals surface area contributed by atoms with Crippen LogP contribution in [0.2, 0.25) is 0 Å². The molecule has 3 atom stereocenters. The minimum atomic E-state index is -1.02. The van der Waals surface area contributed by atoms with Gasteiger partial charge in [0.15, 0.2) is 0 Å². The Bertz CT molecular complexity index is 1210. The highest BCUT2D eigenvalue weighted by molar-refractivity contribution is 7.17. The molecule has 1 aliphatic heterocycles. The van der Waals surface area contributed by atoms with Crippen LogP contribution < -0.4 is 10.1 Å². The average Bonchev–Trinajstić information content (AvgIpc) is 3.42. The third-order valence-electron chi connectivity index (χ3n) is 7.57. The van der Waals surface area contributed by atoms with E-state index >= 15 is 0 Å². The van der Waals surface area contributed by atoms with Crippen LogP contribution in [0, 0.1) is 5.92 Å². The second-order valence-corrected chi connectivity index (χ2v) is 10.8. The van der Waals surface area contributed by atoms with E-state index in [1.165, 1.54) is 6.42 Å². The van der Waals surface area contributed by atoms with Gasteiger partial charge in [-0.05, 0) is 56.2 Å². The highest BCUT2D eigenvalue weighted by Gasteiger charge is 2.48. The lowest BCUT2D eigenvalue weighted by atomic mass is 9.85. The number of benzene rings is 1. The molecular formula is C27H33N3O3S. The van der Waals surface area contributed by atoms with Crippen LogP contribution in [0.15, 0.2) is 41.8 Å². The summed E-state index contributed by atoms with van der Waals surface area (Å²) in [5.41, 5.74) is 1.55. The van der Waals surface area contributed by atoms with Gasteiger partial charge < -0.3 is 19.5 Å². The van der Waals surface area contributed by atoms with Gasteiger partial charge in [0.25, 0.3) is 5.91 Å². The van der Waals surface area contributed by atoms with Gasteiger partial charge in [-0.1, -0.05) is 38.0 Å². The fraction of sp³-hybridized carbons (Fsp3) is 0.481. The van der Waals surface area contributed by atoms with Crippen molar-refractivity contribution in [3.63, 3.8) is 0 Å². The summed E-state index contributed by atoms with van der Waals surface area (Å²) in [6.45, 7) is 7.37. The number of nitrogens with zero attached hydrogens (tertiary/aromatic N) is 2. The van der Waals surface area contributed by atoms with Crippen LogP contribution in [-0.4, -0.2) is 39.5 Å². The van der Waals surface area contributed by atoms with Crippen molar-refractivity contribution < 1.29 is 14.3 Å². The smallest absolute Gasteiger partial charge is 0.271 e. The molecule has 0 unspecified atom stereocenters. The Morgan fingerprint density at radius 2 is 2.03 bits per heavy atom. The van der Waals surface area contributed by atoms with Crippen molar-refractivity contribution in [1.82, 2.24) is 14.8 Å². The van der Waals surface area contributed by atoms with Gasteiger partial charge in [0.2, 0.25) is 5.91 Å². The number of carbonyl (C=O) groups is 2. The zero-order valence-corrected chi connectivity index (χ0v) is 21.0. The second-order valence-electron chi connectivity index (χ2n) is 9.83. The van der Waals surface area contributed by atoms with Crippen molar-refractivity contribution in [2.24, 2.45) is 5.92 Å². The van der Waals surface area contributed by atoms with E-state index in [9.17, 15) is 9.59 Å². The summed E-state index contributed by atoms with van der Waals surface area (Å²) in [4.78, 5) is 29.6. The molecule has 1 saturated carbocycles. The highest BCUT2D eigenvalue weighted by atomic mass is 32.1. The molecule has 2 aromatic heterocycles. The predicted octanol–water partition coefficient (Wildman–Crippen LogP) is 5.21. The average molecular weight is 480 g/mol. The maximum atomic E-state index is 13.9. The zero-order chi connectivity index (χ0) is 23.9. The van der Waals surface area contributed by atoms with Crippen LogP contribution in [0.4, 0.5) is 0 Å². The summed E-state index contributed by atoms with van der Waals surface area (Å²) in [5, 5.41) is 5.38. The molecule has 2 amide bonds. The number of carbonyl (C=O) groups excluding carboxylic acids is 2. The first kappa shape index (κ1) is 23.0. The lowest BCUT2D eigenvalue weighted by molar-refractivity contribution is -0.134. The van der Waals surface area contributed by atoms with E-state index in [4.69, 9.17) is 4.74 Å².